The number of nitrogens with two attached hydrogens (primary N) is 1. The Morgan fingerprint density at radius 2 is 2.00 bits per heavy atom. The van der Waals surface area contributed by atoms with Crippen LogP contribution in [-0.4, -0.2) is 14.8 Å². The fourth-order valence-corrected chi connectivity index (χ4v) is 3.08. The van der Waals surface area contributed by atoms with Gasteiger partial charge in [-0.3, -0.25) is 4.98 Å². The van der Waals surface area contributed by atoms with Crippen LogP contribution in [0.25, 0.3) is 11.3 Å². The zero-order valence-corrected chi connectivity index (χ0v) is 16.3. The number of aryl methyl sites for hydroxylation is 1. The van der Waals surface area contributed by atoms with Gasteiger partial charge in [-0.05, 0) is 56.5 Å². The molecule has 1 aliphatic rings. The Bertz CT molecular complexity index is 1050. The summed E-state index contributed by atoms with van der Waals surface area (Å²) in [5.41, 5.74) is 9.82. The van der Waals surface area contributed by atoms with Gasteiger partial charge in [-0.2, -0.15) is 10.4 Å². The van der Waals surface area contributed by atoms with Crippen LogP contribution in [0.1, 0.15) is 49.4 Å². The third-order valence-electron chi connectivity index (χ3n) is 4.96. The molecule has 0 aliphatic heterocycles. The van der Waals surface area contributed by atoms with Crippen molar-refractivity contribution in [2.45, 2.75) is 38.1 Å². The molecular weight excluding hydrogens is 350 g/mol. The summed E-state index contributed by atoms with van der Waals surface area (Å²) in [6.45, 7) is 3.89. The van der Waals surface area contributed by atoms with Gasteiger partial charge in [0, 0.05) is 36.3 Å². The van der Waals surface area contributed by atoms with Gasteiger partial charge in [0.05, 0.1) is 23.0 Å². The summed E-state index contributed by atoms with van der Waals surface area (Å²) in [7, 11) is 1.87. The minimum Gasteiger partial charge on any atom is -0.439 e. The van der Waals surface area contributed by atoms with E-state index in [4.69, 9.17) is 10.5 Å². The number of aromatic nitrogens is 3. The van der Waals surface area contributed by atoms with Gasteiger partial charge >= 0.3 is 0 Å². The van der Waals surface area contributed by atoms with Crippen LogP contribution >= 0.6 is 0 Å². The Balaban J connectivity index is 1.71. The number of ether oxygens (including phenoxy) is 1. The van der Waals surface area contributed by atoms with Crippen LogP contribution in [0, 0.1) is 11.3 Å². The van der Waals surface area contributed by atoms with Crippen molar-refractivity contribution in [3.8, 4) is 29.0 Å². The van der Waals surface area contributed by atoms with Gasteiger partial charge in [-0.25, -0.2) is 4.68 Å². The highest BCUT2D eigenvalue weighted by Crippen LogP contribution is 2.41. The topological polar surface area (TPSA) is 89.8 Å². The standard InChI is InChI=1S/C22H23N5O/c1-22(2,24)16-7-9-18(25-13-16)17-8-4-14(12-23)10-20(17)28-21-11-19(15-5-6-15)26-27(21)3/h4,7-11,13,15H,5-6,24H2,1-3H3. The highest BCUT2D eigenvalue weighted by Gasteiger charge is 2.27. The van der Waals surface area contributed by atoms with Crippen LogP contribution in [-0.2, 0) is 12.6 Å². The third-order valence-corrected chi connectivity index (χ3v) is 4.96. The number of benzene rings is 1. The van der Waals surface area contributed by atoms with Gasteiger partial charge in [0.25, 0.3) is 0 Å². The Morgan fingerprint density at radius 3 is 2.61 bits per heavy atom. The molecule has 0 atom stereocenters. The average molecular weight is 373 g/mol. The number of nitriles is 1. The Kier molecular flexibility index (Phi) is 4.40. The molecule has 142 valence electrons. The molecule has 2 N–H and O–H groups in total. The minimum atomic E-state index is -0.455. The van der Waals surface area contributed by atoms with E-state index in [-0.39, 0.29) is 0 Å². The second-order valence-electron chi connectivity index (χ2n) is 7.88. The van der Waals surface area contributed by atoms with E-state index in [2.05, 4.69) is 16.2 Å². The summed E-state index contributed by atoms with van der Waals surface area (Å²) in [4.78, 5) is 4.57. The van der Waals surface area contributed by atoms with Gasteiger partial charge in [-0.1, -0.05) is 6.07 Å². The molecule has 0 radical (unpaired) electrons. The molecule has 1 saturated carbocycles. The summed E-state index contributed by atoms with van der Waals surface area (Å²) in [5, 5.41) is 13.9. The molecule has 28 heavy (non-hydrogen) atoms. The summed E-state index contributed by atoms with van der Waals surface area (Å²) in [5.74, 6) is 1.77. The lowest BCUT2D eigenvalue weighted by molar-refractivity contribution is 0.431. The van der Waals surface area contributed by atoms with Crippen LogP contribution in [0.5, 0.6) is 11.6 Å². The van der Waals surface area contributed by atoms with Crippen molar-refractivity contribution < 1.29 is 4.74 Å². The average Bonchev–Trinajstić information content (AvgIpc) is 3.46. The molecule has 2 aromatic heterocycles. The molecule has 0 saturated heterocycles. The van der Waals surface area contributed by atoms with Crippen LogP contribution in [0.3, 0.4) is 0 Å². The van der Waals surface area contributed by atoms with E-state index in [0.29, 0.717) is 23.1 Å². The summed E-state index contributed by atoms with van der Waals surface area (Å²) >= 11 is 0. The maximum absolute atomic E-state index is 9.30. The molecule has 2 heterocycles. The number of hydrogen-bond acceptors (Lipinski definition) is 5. The predicted molar refractivity (Wildman–Crippen MR) is 107 cm³/mol. The van der Waals surface area contributed by atoms with Gasteiger partial charge < -0.3 is 10.5 Å². The van der Waals surface area contributed by atoms with Crippen molar-refractivity contribution >= 4 is 0 Å². The van der Waals surface area contributed by atoms with Crippen LogP contribution < -0.4 is 10.5 Å². The van der Waals surface area contributed by atoms with Gasteiger partial charge in [-0.15, -0.1) is 0 Å². The van der Waals surface area contributed by atoms with E-state index in [0.717, 1.165) is 22.5 Å². The van der Waals surface area contributed by atoms with Gasteiger partial charge in [0.1, 0.15) is 5.75 Å². The second-order valence-corrected chi connectivity index (χ2v) is 7.88. The molecule has 0 bridgehead atoms. The Labute approximate surface area is 164 Å². The lowest BCUT2D eigenvalue weighted by Crippen LogP contribution is -2.28. The lowest BCUT2D eigenvalue weighted by Gasteiger charge is -2.19. The van der Waals surface area contributed by atoms with E-state index >= 15 is 0 Å². The summed E-state index contributed by atoms with van der Waals surface area (Å²) in [6.07, 6.45) is 4.14. The summed E-state index contributed by atoms with van der Waals surface area (Å²) < 4.78 is 7.92. The van der Waals surface area contributed by atoms with Crippen LogP contribution in [0.2, 0.25) is 0 Å². The van der Waals surface area contributed by atoms with Crippen molar-refractivity contribution in [2.75, 3.05) is 0 Å². The smallest absolute Gasteiger partial charge is 0.217 e. The first kappa shape index (κ1) is 18.2. The Morgan fingerprint density at radius 1 is 1.21 bits per heavy atom. The van der Waals surface area contributed by atoms with E-state index in [9.17, 15) is 5.26 Å². The maximum atomic E-state index is 9.30. The number of hydrogen-bond donors (Lipinski definition) is 1. The molecule has 3 aromatic rings. The Hall–Kier alpha value is -3.17. The normalized spacial score (nSPS) is 14.0. The van der Waals surface area contributed by atoms with Crippen molar-refractivity contribution in [3.05, 3.63) is 59.4 Å². The van der Waals surface area contributed by atoms with E-state index < -0.39 is 5.54 Å². The van der Waals surface area contributed by atoms with Crippen molar-refractivity contribution in [1.29, 1.82) is 5.26 Å². The molecule has 1 fully saturated rings. The monoisotopic (exact) mass is 373 g/mol. The quantitative estimate of drug-likeness (QED) is 0.723. The first-order valence-electron chi connectivity index (χ1n) is 9.37. The fourth-order valence-electron chi connectivity index (χ4n) is 3.08. The minimum absolute atomic E-state index is 0.455. The van der Waals surface area contributed by atoms with E-state index in [1.54, 1.807) is 23.0 Å². The first-order valence-corrected chi connectivity index (χ1v) is 9.37. The maximum Gasteiger partial charge on any atom is 0.217 e. The SMILES string of the molecule is Cn1nc(C2CC2)cc1Oc1cc(C#N)ccc1-c1ccc(C(C)(C)N)cn1. The first-order chi connectivity index (χ1) is 13.3. The van der Waals surface area contributed by atoms with Crippen LogP contribution in [0.4, 0.5) is 0 Å². The van der Waals surface area contributed by atoms with E-state index in [1.807, 2.05) is 45.2 Å². The van der Waals surface area contributed by atoms with Crippen LogP contribution in [0.15, 0.2) is 42.6 Å². The van der Waals surface area contributed by atoms with Gasteiger partial charge in [0.15, 0.2) is 0 Å². The van der Waals surface area contributed by atoms with Gasteiger partial charge in [0.2, 0.25) is 5.88 Å². The molecule has 0 amide bonds. The van der Waals surface area contributed by atoms with Crippen molar-refractivity contribution in [2.24, 2.45) is 12.8 Å². The highest BCUT2D eigenvalue weighted by molar-refractivity contribution is 5.69. The molecular formula is C22H23N5O. The number of pyridine rings is 1. The number of rotatable bonds is 5. The molecule has 0 spiro atoms. The molecule has 4 rings (SSSR count). The molecule has 6 heteroatoms. The second kappa shape index (κ2) is 6.77. The summed E-state index contributed by atoms with van der Waals surface area (Å²) in [6, 6.07) is 13.4. The highest BCUT2D eigenvalue weighted by atomic mass is 16.5. The van der Waals surface area contributed by atoms with Crippen molar-refractivity contribution in [1.82, 2.24) is 14.8 Å². The largest absolute Gasteiger partial charge is 0.439 e. The molecule has 1 aromatic carbocycles. The zero-order chi connectivity index (χ0) is 19.9. The molecule has 0 unspecified atom stereocenters. The molecule has 6 nitrogen and oxygen atoms in total. The fraction of sp³-hybridized carbons (Fsp3) is 0.318. The third kappa shape index (κ3) is 3.62. The predicted octanol–water partition coefficient (Wildman–Crippen LogP) is 4.22. The van der Waals surface area contributed by atoms with E-state index in [1.165, 1.54) is 12.8 Å². The lowest BCUT2D eigenvalue weighted by atomic mass is 9.96. The molecule has 1 aliphatic carbocycles. The van der Waals surface area contributed by atoms with Crippen molar-refractivity contribution in [3.63, 3.8) is 0 Å². The number of nitrogens with zero attached hydrogens (tertiary/aromatic N) is 4. The zero-order valence-electron chi connectivity index (χ0n) is 16.3.